The summed E-state index contributed by atoms with van der Waals surface area (Å²) in [6, 6.07) is 6.27. The summed E-state index contributed by atoms with van der Waals surface area (Å²) in [5, 5.41) is 13.0. The first-order valence-corrected chi connectivity index (χ1v) is 7.51. The number of anilines is 2. The quantitative estimate of drug-likeness (QED) is 0.649. The second-order valence-electron chi connectivity index (χ2n) is 4.30. The number of hydrogen-bond donors (Lipinski definition) is 2. The average molecular weight is 334 g/mol. The average Bonchev–Trinajstić information content (AvgIpc) is 2.93. The standard InChI is InChI=1S/C14H14N4O4S/c1-3-22-13(21)9-6-4-5-7-10(9)15-11(19)12(20)16-14-18-17-8(2)23-14/h4-7H,3H2,1-2H3,(H,15,19)(H,16,18,20). The van der Waals surface area contributed by atoms with E-state index in [1.807, 2.05) is 0 Å². The third-order valence-electron chi connectivity index (χ3n) is 2.62. The second kappa shape index (κ2) is 7.45. The fourth-order valence-electron chi connectivity index (χ4n) is 1.66. The lowest BCUT2D eigenvalue weighted by molar-refractivity contribution is -0.133. The van der Waals surface area contributed by atoms with E-state index in [0.717, 1.165) is 11.3 Å². The third kappa shape index (κ3) is 4.33. The molecule has 1 aromatic heterocycles. The van der Waals surface area contributed by atoms with Gasteiger partial charge in [-0.15, -0.1) is 10.2 Å². The van der Waals surface area contributed by atoms with Crippen LogP contribution in [-0.2, 0) is 14.3 Å². The topological polar surface area (TPSA) is 110 Å². The number of benzene rings is 1. The lowest BCUT2D eigenvalue weighted by Gasteiger charge is -2.09. The first-order chi connectivity index (χ1) is 11.0. The van der Waals surface area contributed by atoms with Crippen LogP contribution in [0.5, 0.6) is 0 Å². The molecule has 120 valence electrons. The molecule has 0 aliphatic heterocycles. The highest BCUT2D eigenvalue weighted by molar-refractivity contribution is 7.15. The number of aromatic nitrogens is 2. The van der Waals surface area contributed by atoms with Gasteiger partial charge in [0.05, 0.1) is 17.9 Å². The predicted molar refractivity (Wildman–Crippen MR) is 84.3 cm³/mol. The molecule has 9 heteroatoms. The van der Waals surface area contributed by atoms with Crippen molar-refractivity contribution in [1.29, 1.82) is 0 Å². The van der Waals surface area contributed by atoms with Crippen molar-refractivity contribution >= 4 is 39.9 Å². The number of nitrogens with zero attached hydrogens (tertiary/aromatic N) is 2. The number of amides is 2. The number of aryl methyl sites for hydroxylation is 1. The van der Waals surface area contributed by atoms with E-state index in [4.69, 9.17) is 4.74 Å². The highest BCUT2D eigenvalue weighted by Gasteiger charge is 2.19. The minimum atomic E-state index is -0.922. The van der Waals surface area contributed by atoms with Crippen molar-refractivity contribution in [3.8, 4) is 0 Å². The van der Waals surface area contributed by atoms with Crippen molar-refractivity contribution in [3.05, 3.63) is 34.8 Å². The van der Waals surface area contributed by atoms with Crippen molar-refractivity contribution in [2.24, 2.45) is 0 Å². The van der Waals surface area contributed by atoms with Crippen molar-refractivity contribution < 1.29 is 19.1 Å². The Labute approximate surface area is 135 Å². The summed E-state index contributed by atoms with van der Waals surface area (Å²) in [4.78, 5) is 35.6. The van der Waals surface area contributed by atoms with E-state index in [-0.39, 0.29) is 23.0 Å². The molecule has 0 aliphatic rings. The predicted octanol–water partition coefficient (Wildman–Crippen LogP) is 1.60. The molecular formula is C14H14N4O4S. The summed E-state index contributed by atoms with van der Waals surface area (Å²) >= 11 is 1.15. The van der Waals surface area contributed by atoms with Crippen LogP contribution in [0, 0.1) is 6.92 Å². The second-order valence-corrected chi connectivity index (χ2v) is 5.48. The van der Waals surface area contributed by atoms with E-state index in [9.17, 15) is 14.4 Å². The molecule has 0 bridgehead atoms. The molecule has 0 atom stereocenters. The molecule has 0 saturated carbocycles. The Morgan fingerprint density at radius 3 is 2.48 bits per heavy atom. The van der Waals surface area contributed by atoms with Crippen LogP contribution in [0.3, 0.4) is 0 Å². The van der Waals surface area contributed by atoms with Gasteiger partial charge < -0.3 is 10.1 Å². The zero-order valence-corrected chi connectivity index (χ0v) is 13.3. The number of nitrogens with one attached hydrogen (secondary N) is 2. The molecule has 0 aliphatic carbocycles. The molecule has 2 rings (SSSR count). The summed E-state index contributed by atoms with van der Waals surface area (Å²) in [5.41, 5.74) is 0.363. The Kier molecular flexibility index (Phi) is 5.36. The molecule has 2 amide bonds. The minimum absolute atomic E-state index is 0.169. The Hall–Kier alpha value is -2.81. The first kappa shape index (κ1) is 16.6. The summed E-state index contributed by atoms with van der Waals surface area (Å²) < 4.78 is 4.90. The van der Waals surface area contributed by atoms with Crippen LogP contribution in [0.15, 0.2) is 24.3 Å². The maximum atomic E-state index is 11.9. The monoisotopic (exact) mass is 334 g/mol. The number of para-hydroxylation sites is 1. The SMILES string of the molecule is CCOC(=O)c1ccccc1NC(=O)C(=O)Nc1nnc(C)s1. The number of carbonyl (C=O) groups is 3. The summed E-state index contributed by atoms with van der Waals surface area (Å²) in [7, 11) is 0. The molecule has 0 fully saturated rings. The van der Waals surface area contributed by atoms with E-state index in [0.29, 0.717) is 5.01 Å². The van der Waals surface area contributed by atoms with Crippen LogP contribution >= 0.6 is 11.3 Å². The van der Waals surface area contributed by atoms with E-state index in [1.54, 1.807) is 26.0 Å². The van der Waals surface area contributed by atoms with Crippen LogP contribution in [0.1, 0.15) is 22.3 Å². The number of carbonyl (C=O) groups excluding carboxylic acids is 3. The van der Waals surface area contributed by atoms with Gasteiger partial charge in [0.25, 0.3) is 0 Å². The largest absolute Gasteiger partial charge is 0.462 e. The van der Waals surface area contributed by atoms with Gasteiger partial charge >= 0.3 is 17.8 Å². The molecule has 0 radical (unpaired) electrons. The van der Waals surface area contributed by atoms with Gasteiger partial charge in [0.2, 0.25) is 5.13 Å². The number of esters is 1. The Bertz CT molecular complexity index is 744. The lowest BCUT2D eigenvalue weighted by Crippen LogP contribution is -2.29. The Morgan fingerprint density at radius 2 is 1.83 bits per heavy atom. The Balaban J connectivity index is 2.08. The van der Waals surface area contributed by atoms with E-state index in [2.05, 4.69) is 20.8 Å². The molecule has 2 aromatic rings. The van der Waals surface area contributed by atoms with Crippen LogP contribution in [0.4, 0.5) is 10.8 Å². The van der Waals surface area contributed by atoms with Crippen molar-refractivity contribution in [3.63, 3.8) is 0 Å². The molecule has 0 unspecified atom stereocenters. The van der Waals surface area contributed by atoms with Gasteiger partial charge in [-0.3, -0.25) is 14.9 Å². The van der Waals surface area contributed by atoms with Crippen LogP contribution in [0.2, 0.25) is 0 Å². The fourth-order valence-corrected chi connectivity index (χ4v) is 2.25. The number of hydrogen-bond acceptors (Lipinski definition) is 7. The fraction of sp³-hybridized carbons (Fsp3) is 0.214. The van der Waals surface area contributed by atoms with Gasteiger partial charge in [-0.1, -0.05) is 23.5 Å². The van der Waals surface area contributed by atoms with Gasteiger partial charge in [-0.05, 0) is 26.0 Å². The van der Waals surface area contributed by atoms with Gasteiger partial charge in [0.1, 0.15) is 5.01 Å². The number of ether oxygens (including phenoxy) is 1. The lowest BCUT2D eigenvalue weighted by atomic mass is 10.2. The highest BCUT2D eigenvalue weighted by Crippen LogP contribution is 2.17. The molecule has 0 saturated heterocycles. The molecular weight excluding hydrogens is 320 g/mol. The highest BCUT2D eigenvalue weighted by atomic mass is 32.1. The normalized spacial score (nSPS) is 10.0. The zero-order valence-electron chi connectivity index (χ0n) is 12.5. The van der Waals surface area contributed by atoms with Crippen molar-refractivity contribution in [1.82, 2.24) is 10.2 Å². The molecule has 2 N–H and O–H groups in total. The molecule has 8 nitrogen and oxygen atoms in total. The molecule has 0 spiro atoms. The van der Waals surface area contributed by atoms with Crippen molar-refractivity contribution in [2.45, 2.75) is 13.8 Å². The van der Waals surface area contributed by atoms with E-state index in [1.165, 1.54) is 12.1 Å². The summed E-state index contributed by atoms with van der Waals surface area (Å²) in [6.45, 7) is 3.61. The van der Waals surface area contributed by atoms with Gasteiger partial charge in [0.15, 0.2) is 0 Å². The zero-order chi connectivity index (χ0) is 16.8. The maximum absolute atomic E-state index is 11.9. The third-order valence-corrected chi connectivity index (χ3v) is 3.38. The van der Waals surface area contributed by atoms with Gasteiger partial charge in [0, 0.05) is 0 Å². The smallest absolute Gasteiger partial charge is 0.340 e. The Morgan fingerprint density at radius 1 is 1.13 bits per heavy atom. The molecule has 1 heterocycles. The van der Waals surface area contributed by atoms with Crippen LogP contribution in [0.25, 0.3) is 0 Å². The minimum Gasteiger partial charge on any atom is -0.462 e. The van der Waals surface area contributed by atoms with E-state index >= 15 is 0 Å². The molecule has 1 aromatic carbocycles. The summed E-state index contributed by atoms with van der Waals surface area (Å²) in [6.07, 6.45) is 0. The summed E-state index contributed by atoms with van der Waals surface area (Å²) in [5.74, 6) is -2.40. The molecule has 23 heavy (non-hydrogen) atoms. The number of rotatable bonds is 4. The van der Waals surface area contributed by atoms with Gasteiger partial charge in [-0.2, -0.15) is 0 Å². The van der Waals surface area contributed by atoms with Crippen LogP contribution in [-0.4, -0.2) is 34.6 Å². The van der Waals surface area contributed by atoms with Crippen molar-refractivity contribution in [2.75, 3.05) is 17.2 Å². The van der Waals surface area contributed by atoms with Gasteiger partial charge in [-0.25, -0.2) is 4.79 Å². The first-order valence-electron chi connectivity index (χ1n) is 6.70. The van der Waals surface area contributed by atoms with Crippen LogP contribution < -0.4 is 10.6 Å². The maximum Gasteiger partial charge on any atom is 0.340 e. The van der Waals surface area contributed by atoms with E-state index < -0.39 is 17.8 Å².